The number of nitrogens with zero attached hydrogens (tertiary/aromatic N) is 1. The Balaban J connectivity index is 2.35. The number of alkyl halides is 1. The monoisotopic (exact) mass is 261 g/mol. The average Bonchev–Trinajstić information content (AvgIpc) is 2.25. The van der Waals surface area contributed by atoms with Crippen LogP contribution in [0.4, 0.5) is 0 Å². The van der Waals surface area contributed by atoms with Crippen LogP contribution in [0.25, 0.3) is 0 Å². The molecule has 2 aliphatic heterocycles. The van der Waals surface area contributed by atoms with Crippen LogP contribution < -0.4 is 0 Å². The van der Waals surface area contributed by atoms with Gasteiger partial charge in [0.25, 0.3) is 0 Å². The van der Waals surface area contributed by atoms with Gasteiger partial charge in [-0.1, -0.05) is 12.2 Å². The first-order chi connectivity index (χ1) is 5.38. The van der Waals surface area contributed by atoms with Crippen LogP contribution in [0.1, 0.15) is 6.42 Å². The van der Waals surface area contributed by atoms with Crippen LogP contribution in [0.15, 0.2) is 23.4 Å². The number of hydrogen-bond donors (Lipinski definition) is 0. The van der Waals surface area contributed by atoms with Gasteiger partial charge in [-0.25, -0.2) is 0 Å². The Labute approximate surface area is 77.5 Å². The fourth-order valence-corrected chi connectivity index (χ4v) is 3.18. The Hall–Kier alpha value is -0.120. The minimum absolute atomic E-state index is 0.337. The molecule has 0 amide bonds. The van der Waals surface area contributed by atoms with E-state index in [1.165, 1.54) is 23.1 Å². The fraction of sp³-hybridized carbons (Fsp3) is 0.444. The van der Waals surface area contributed by atoms with Gasteiger partial charge in [0.05, 0.1) is 0 Å². The number of allylic oxidation sites excluding steroid dienone is 3. The molecule has 1 fully saturated rings. The summed E-state index contributed by atoms with van der Waals surface area (Å²) in [5, 5.41) is 0. The SMILES string of the molecule is CN1CCC2=CC=ICC=C21. The molecule has 0 saturated carbocycles. The van der Waals surface area contributed by atoms with Crippen molar-refractivity contribution < 1.29 is 0 Å². The second-order valence-corrected chi connectivity index (χ2v) is 5.37. The number of likely N-dealkylation sites (N-methyl/N-ethyl adjacent to an activating group) is 1. The summed E-state index contributed by atoms with van der Waals surface area (Å²) in [6.45, 7) is 1.21. The molecule has 2 heteroatoms. The van der Waals surface area contributed by atoms with E-state index in [2.05, 4.69) is 28.1 Å². The molecule has 0 aromatic heterocycles. The highest BCUT2D eigenvalue weighted by atomic mass is 127. The lowest BCUT2D eigenvalue weighted by Crippen LogP contribution is -2.10. The van der Waals surface area contributed by atoms with E-state index in [9.17, 15) is 0 Å². The third kappa shape index (κ3) is 1.41. The first-order valence-electron chi connectivity index (χ1n) is 3.90. The highest BCUT2D eigenvalue weighted by Crippen LogP contribution is 2.27. The maximum atomic E-state index is 2.41. The summed E-state index contributed by atoms with van der Waals surface area (Å²) in [6, 6.07) is 0. The van der Waals surface area contributed by atoms with E-state index in [0.29, 0.717) is 20.7 Å². The van der Waals surface area contributed by atoms with Gasteiger partial charge in [0.15, 0.2) is 0 Å². The van der Waals surface area contributed by atoms with Crippen molar-refractivity contribution in [1.82, 2.24) is 4.90 Å². The van der Waals surface area contributed by atoms with Crippen molar-refractivity contribution in [3.63, 3.8) is 0 Å². The first kappa shape index (κ1) is 7.53. The van der Waals surface area contributed by atoms with Crippen molar-refractivity contribution >= 4 is 24.7 Å². The standard InChI is InChI=1S/C9H12IN/c1-11-7-4-8-2-5-10-6-3-9(8)11/h2-3,5H,4,6-7H2,1H3. The Morgan fingerprint density at radius 3 is 3.36 bits per heavy atom. The molecule has 0 aliphatic carbocycles. The second-order valence-electron chi connectivity index (χ2n) is 2.89. The molecule has 0 bridgehead atoms. The molecule has 0 unspecified atom stereocenters. The predicted molar refractivity (Wildman–Crippen MR) is 58.4 cm³/mol. The highest BCUT2D eigenvalue weighted by Gasteiger charge is 2.17. The summed E-state index contributed by atoms with van der Waals surface area (Å²) in [7, 11) is 2.19. The van der Waals surface area contributed by atoms with E-state index >= 15 is 0 Å². The van der Waals surface area contributed by atoms with Gasteiger partial charge >= 0.3 is 0 Å². The smallest absolute Gasteiger partial charge is 0.0364 e. The van der Waals surface area contributed by atoms with E-state index in [1.54, 1.807) is 5.57 Å². The number of hydrogen-bond acceptors (Lipinski definition) is 1. The fourth-order valence-electron chi connectivity index (χ4n) is 1.53. The first-order valence-corrected chi connectivity index (χ1v) is 6.67. The number of rotatable bonds is 0. The van der Waals surface area contributed by atoms with E-state index in [0.717, 1.165) is 0 Å². The third-order valence-electron chi connectivity index (χ3n) is 2.17. The molecule has 0 aromatic carbocycles. The summed E-state index contributed by atoms with van der Waals surface area (Å²) in [4.78, 5) is 2.37. The summed E-state index contributed by atoms with van der Waals surface area (Å²) in [6.07, 6.45) is 6.01. The van der Waals surface area contributed by atoms with Gasteiger partial charge in [-0.05, 0) is 16.0 Å². The molecular formula is C9H12IN. The molecule has 0 spiro atoms. The number of fused-ring (bicyclic) bond motifs is 1. The van der Waals surface area contributed by atoms with Crippen molar-refractivity contribution in [3.8, 4) is 0 Å². The van der Waals surface area contributed by atoms with E-state index in [4.69, 9.17) is 0 Å². The van der Waals surface area contributed by atoms with E-state index in [1.807, 2.05) is 0 Å². The van der Waals surface area contributed by atoms with Crippen LogP contribution in [0.2, 0.25) is 0 Å². The second kappa shape index (κ2) is 3.09. The van der Waals surface area contributed by atoms with Gasteiger partial charge in [-0.3, -0.25) is 0 Å². The number of likely N-dealkylation sites (tertiary alicyclic amines) is 1. The van der Waals surface area contributed by atoms with Crippen LogP contribution in [0.5, 0.6) is 0 Å². The zero-order valence-corrected chi connectivity index (χ0v) is 8.84. The van der Waals surface area contributed by atoms with Crippen LogP contribution in [-0.2, 0) is 0 Å². The Morgan fingerprint density at radius 2 is 2.45 bits per heavy atom. The molecule has 2 aliphatic rings. The minimum Gasteiger partial charge on any atom is -0.374 e. The minimum atomic E-state index is 0.337. The van der Waals surface area contributed by atoms with Crippen molar-refractivity contribution in [2.75, 3.05) is 18.0 Å². The van der Waals surface area contributed by atoms with Crippen molar-refractivity contribution in [3.05, 3.63) is 23.4 Å². The van der Waals surface area contributed by atoms with Gasteiger partial charge in [0.2, 0.25) is 0 Å². The molecule has 1 nitrogen and oxygen atoms in total. The molecule has 60 valence electrons. The van der Waals surface area contributed by atoms with Crippen LogP contribution in [-0.4, -0.2) is 26.9 Å². The lowest BCUT2D eigenvalue weighted by molar-refractivity contribution is 0.482. The molecule has 0 atom stereocenters. The maximum absolute atomic E-state index is 2.41. The third-order valence-corrected chi connectivity index (χ3v) is 3.99. The maximum Gasteiger partial charge on any atom is 0.0364 e. The van der Waals surface area contributed by atoms with Crippen LogP contribution in [0.3, 0.4) is 0 Å². The molecule has 0 radical (unpaired) electrons. The molecule has 2 rings (SSSR count). The molecule has 0 aromatic rings. The topological polar surface area (TPSA) is 3.24 Å². The summed E-state index contributed by atoms with van der Waals surface area (Å²) >= 11 is 0.337. The normalized spacial score (nSPS) is 23.2. The largest absolute Gasteiger partial charge is 0.374 e. The Kier molecular flexibility index (Phi) is 2.11. The zero-order valence-electron chi connectivity index (χ0n) is 6.68. The average molecular weight is 261 g/mol. The molecule has 1 saturated heterocycles. The molecule has 2 heterocycles. The summed E-state index contributed by atoms with van der Waals surface area (Å²) in [5.41, 5.74) is 3.06. The van der Waals surface area contributed by atoms with E-state index in [-0.39, 0.29) is 0 Å². The summed E-state index contributed by atoms with van der Waals surface area (Å²) in [5.74, 6) is 0. The summed E-state index contributed by atoms with van der Waals surface area (Å²) < 4.78 is 3.72. The van der Waals surface area contributed by atoms with Crippen LogP contribution in [0, 0.1) is 0 Å². The van der Waals surface area contributed by atoms with E-state index < -0.39 is 0 Å². The van der Waals surface area contributed by atoms with Gasteiger partial charge in [-0.15, -0.1) is 20.7 Å². The quantitative estimate of drug-likeness (QED) is 0.475. The lowest BCUT2D eigenvalue weighted by atomic mass is 10.2. The lowest BCUT2D eigenvalue weighted by Gasteiger charge is -2.11. The van der Waals surface area contributed by atoms with Crippen molar-refractivity contribution in [1.29, 1.82) is 0 Å². The highest BCUT2D eigenvalue weighted by molar-refractivity contribution is 14.2. The zero-order chi connectivity index (χ0) is 7.68. The number of halogens is 1. The van der Waals surface area contributed by atoms with Gasteiger partial charge < -0.3 is 4.90 Å². The van der Waals surface area contributed by atoms with Crippen LogP contribution >= 0.6 is 20.7 Å². The van der Waals surface area contributed by atoms with Crippen molar-refractivity contribution in [2.24, 2.45) is 0 Å². The molecule has 11 heavy (non-hydrogen) atoms. The van der Waals surface area contributed by atoms with Gasteiger partial charge in [-0.2, -0.15) is 0 Å². The predicted octanol–water partition coefficient (Wildman–Crippen LogP) is 1.92. The Morgan fingerprint density at radius 1 is 1.55 bits per heavy atom. The molecular weight excluding hydrogens is 249 g/mol. The van der Waals surface area contributed by atoms with Crippen molar-refractivity contribution in [2.45, 2.75) is 6.42 Å². The van der Waals surface area contributed by atoms with Gasteiger partial charge in [0, 0.05) is 23.7 Å². The Bertz CT molecular complexity index is 250. The molecule has 0 N–H and O–H groups in total. The van der Waals surface area contributed by atoms with Gasteiger partial charge in [0.1, 0.15) is 0 Å².